The van der Waals surface area contributed by atoms with E-state index in [1.807, 2.05) is 0 Å². The number of likely N-dealkylation sites (N-methyl/N-ethyl adjacent to an activating group) is 1. The average molecular weight is 256 g/mol. The molecule has 2 N–H and O–H groups in total. The third-order valence-corrected chi connectivity index (χ3v) is 3.55. The number of nitrogens with zero attached hydrogens (tertiary/aromatic N) is 1. The average Bonchev–Trinajstić information content (AvgIpc) is 2.80. The fourth-order valence-electron chi connectivity index (χ4n) is 2.34. The van der Waals surface area contributed by atoms with Crippen LogP contribution in [0.15, 0.2) is 0 Å². The molecule has 0 bridgehead atoms. The van der Waals surface area contributed by atoms with E-state index in [1.54, 1.807) is 34.9 Å². The summed E-state index contributed by atoms with van der Waals surface area (Å²) in [6, 6.07) is -0.640. The fourth-order valence-corrected chi connectivity index (χ4v) is 2.34. The standard InChI is InChI=1S/C12H20N2O4/c1-6(10(16)14(4)5)13-9(15)7-8(11(17)18)12(7,2)3/h6-8H,1-5H3,(H,13,15)(H,17,18)/t6-,7-,8+/m0/s1. The van der Waals surface area contributed by atoms with Gasteiger partial charge < -0.3 is 15.3 Å². The summed E-state index contributed by atoms with van der Waals surface area (Å²) in [5.74, 6) is -2.78. The van der Waals surface area contributed by atoms with Crippen molar-refractivity contribution in [3.05, 3.63) is 0 Å². The van der Waals surface area contributed by atoms with Gasteiger partial charge in [-0.05, 0) is 12.3 Å². The van der Waals surface area contributed by atoms with Gasteiger partial charge in [-0.3, -0.25) is 14.4 Å². The summed E-state index contributed by atoms with van der Waals surface area (Å²) < 4.78 is 0. The molecule has 102 valence electrons. The molecule has 6 heteroatoms. The quantitative estimate of drug-likeness (QED) is 0.737. The number of hydrogen-bond donors (Lipinski definition) is 2. The Morgan fingerprint density at radius 2 is 1.72 bits per heavy atom. The number of hydrogen-bond acceptors (Lipinski definition) is 3. The predicted octanol–water partition coefficient (Wildman–Crippen LogP) is -0.0639. The van der Waals surface area contributed by atoms with Crippen molar-refractivity contribution in [3.8, 4) is 0 Å². The lowest BCUT2D eigenvalue weighted by Crippen LogP contribution is -2.45. The number of carboxylic acid groups (broad SMARTS) is 1. The maximum Gasteiger partial charge on any atom is 0.307 e. The van der Waals surface area contributed by atoms with E-state index in [1.165, 1.54) is 4.90 Å². The van der Waals surface area contributed by atoms with E-state index in [4.69, 9.17) is 5.11 Å². The van der Waals surface area contributed by atoms with Crippen molar-refractivity contribution in [1.82, 2.24) is 10.2 Å². The van der Waals surface area contributed by atoms with Crippen molar-refractivity contribution in [1.29, 1.82) is 0 Å². The molecule has 1 rings (SSSR count). The number of carbonyl (C=O) groups excluding carboxylic acids is 2. The van der Waals surface area contributed by atoms with Crippen LogP contribution in [-0.4, -0.2) is 47.9 Å². The van der Waals surface area contributed by atoms with Crippen molar-refractivity contribution in [2.75, 3.05) is 14.1 Å². The molecule has 0 radical (unpaired) electrons. The van der Waals surface area contributed by atoms with Crippen LogP contribution in [0.3, 0.4) is 0 Å². The normalized spacial score (nSPS) is 26.1. The molecule has 0 unspecified atom stereocenters. The summed E-state index contributed by atoms with van der Waals surface area (Å²) in [6.45, 7) is 5.08. The minimum atomic E-state index is -0.966. The maximum atomic E-state index is 11.9. The smallest absolute Gasteiger partial charge is 0.307 e. The highest BCUT2D eigenvalue weighted by molar-refractivity contribution is 5.94. The Labute approximate surface area is 106 Å². The van der Waals surface area contributed by atoms with E-state index in [2.05, 4.69) is 5.32 Å². The Kier molecular flexibility index (Phi) is 3.69. The zero-order valence-electron chi connectivity index (χ0n) is 11.4. The molecule has 0 saturated heterocycles. The molecule has 6 nitrogen and oxygen atoms in total. The summed E-state index contributed by atoms with van der Waals surface area (Å²) in [5, 5.41) is 11.6. The molecule has 0 heterocycles. The van der Waals surface area contributed by atoms with Gasteiger partial charge in [0.15, 0.2) is 0 Å². The van der Waals surface area contributed by atoms with Gasteiger partial charge in [-0.2, -0.15) is 0 Å². The van der Waals surface area contributed by atoms with Gasteiger partial charge in [0.25, 0.3) is 0 Å². The number of rotatable bonds is 4. The highest BCUT2D eigenvalue weighted by atomic mass is 16.4. The summed E-state index contributed by atoms with van der Waals surface area (Å²) in [6.07, 6.45) is 0. The minimum Gasteiger partial charge on any atom is -0.481 e. The Hall–Kier alpha value is -1.59. The maximum absolute atomic E-state index is 11.9. The SMILES string of the molecule is C[C@H](NC(=O)[C@@H]1[C@H](C(=O)O)C1(C)C)C(=O)N(C)C. The van der Waals surface area contributed by atoms with Crippen LogP contribution in [0.1, 0.15) is 20.8 Å². The largest absolute Gasteiger partial charge is 0.481 e. The molecule has 18 heavy (non-hydrogen) atoms. The van der Waals surface area contributed by atoms with E-state index in [9.17, 15) is 14.4 Å². The number of aliphatic carboxylic acids is 1. The van der Waals surface area contributed by atoms with Crippen molar-refractivity contribution in [2.24, 2.45) is 17.3 Å². The minimum absolute atomic E-state index is 0.214. The molecule has 1 saturated carbocycles. The predicted molar refractivity (Wildman–Crippen MR) is 64.7 cm³/mol. The van der Waals surface area contributed by atoms with Crippen LogP contribution in [0.5, 0.6) is 0 Å². The molecule has 1 aliphatic carbocycles. The first-order valence-electron chi connectivity index (χ1n) is 5.85. The van der Waals surface area contributed by atoms with Crippen molar-refractivity contribution >= 4 is 17.8 Å². The first-order valence-corrected chi connectivity index (χ1v) is 5.85. The lowest BCUT2D eigenvalue weighted by atomic mass is 10.1. The zero-order chi connectivity index (χ0) is 14.2. The molecule has 0 aromatic carbocycles. The van der Waals surface area contributed by atoms with Crippen molar-refractivity contribution in [2.45, 2.75) is 26.8 Å². The van der Waals surface area contributed by atoms with Crippen LogP contribution in [0.2, 0.25) is 0 Å². The highest BCUT2D eigenvalue weighted by Crippen LogP contribution is 2.58. The second-order valence-electron chi connectivity index (χ2n) is 5.58. The van der Waals surface area contributed by atoms with Crippen LogP contribution in [-0.2, 0) is 14.4 Å². The molecular weight excluding hydrogens is 236 g/mol. The fraction of sp³-hybridized carbons (Fsp3) is 0.750. The van der Waals surface area contributed by atoms with Crippen LogP contribution in [0.4, 0.5) is 0 Å². The second-order valence-corrected chi connectivity index (χ2v) is 5.58. The molecule has 1 fully saturated rings. The number of nitrogens with one attached hydrogen (secondary N) is 1. The van der Waals surface area contributed by atoms with Crippen LogP contribution < -0.4 is 5.32 Å². The zero-order valence-corrected chi connectivity index (χ0v) is 11.4. The second kappa shape index (κ2) is 4.59. The van der Waals surface area contributed by atoms with E-state index < -0.39 is 29.3 Å². The summed E-state index contributed by atoms with van der Waals surface area (Å²) >= 11 is 0. The van der Waals surface area contributed by atoms with E-state index in [0.717, 1.165) is 0 Å². The van der Waals surface area contributed by atoms with E-state index in [-0.39, 0.29) is 11.8 Å². The molecule has 1 aliphatic rings. The molecule has 0 spiro atoms. The van der Waals surface area contributed by atoms with Crippen molar-refractivity contribution in [3.63, 3.8) is 0 Å². The van der Waals surface area contributed by atoms with Gasteiger partial charge >= 0.3 is 5.97 Å². The van der Waals surface area contributed by atoms with Gasteiger partial charge in [0, 0.05) is 14.1 Å². The van der Waals surface area contributed by atoms with Gasteiger partial charge in [0.1, 0.15) is 6.04 Å². The summed E-state index contributed by atoms with van der Waals surface area (Å²) in [7, 11) is 3.21. The summed E-state index contributed by atoms with van der Waals surface area (Å²) in [4.78, 5) is 35.9. The lowest BCUT2D eigenvalue weighted by molar-refractivity contribution is -0.140. The molecular formula is C12H20N2O4. The number of carboxylic acids is 1. The third kappa shape index (κ3) is 2.47. The highest BCUT2D eigenvalue weighted by Gasteiger charge is 2.66. The van der Waals surface area contributed by atoms with E-state index >= 15 is 0 Å². The Morgan fingerprint density at radius 3 is 2.06 bits per heavy atom. The Balaban J connectivity index is 2.64. The van der Waals surface area contributed by atoms with Gasteiger partial charge in [-0.25, -0.2) is 0 Å². The molecule has 0 aromatic heterocycles. The van der Waals surface area contributed by atoms with Gasteiger partial charge in [0.2, 0.25) is 11.8 Å². The number of amides is 2. The molecule has 3 atom stereocenters. The lowest BCUT2D eigenvalue weighted by Gasteiger charge is -2.18. The topological polar surface area (TPSA) is 86.7 Å². The molecule has 2 amide bonds. The molecule has 0 aliphatic heterocycles. The Morgan fingerprint density at radius 1 is 1.22 bits per heavy atom. The molecule has 0 aromatic rings. The van der Waals surface area contributed by atoms with Crippen LogP contribution in [0.25, 0.3) is 0 Å². The first-order chi connectivity index (χ1) is 8.10. The van der Waals surface area contributed by atoms with Crippen LogP contribution in [0, 0.1) is 17.3 Å². The number of carbonyl (C=O) groups is 3. The van der Waals surface area contributed by atoms with Gasteiger partial charge in [-0.15, -0.1) is 0 Å². The van der Waals surface area contributed by atoms with Gasteiger partial charge in [-0.1, -0.05) is 13.8 Å². The van der Waals surface area contributed by atoms with Gasteiger partial charge in [0.05, 0.1) is 11.8 Å². The summed E-state index contributed by atoms with van der Waals surface area (Å²) in [5.41, 5.74) is -0.545. The third-order valence-electron chi connectivity index (χ3n) is 3.55. The van der Waals surface area contributed by atoms with Crippen molar-refractivity contribution < 1.29 is 19.5 Å². The van der Waals surface area contributed by atoms with E-state index in [0.29, 0.717) is 0 Å². The van der Waals surface area contributed by atoms with Crippen LogP contribution >= 0.6 is 0 Å². The monoisotopic (exact) mass is 256 g/mol. The Bertz CT molecular complexity index is 390. The first kappa shape index (κ1) is 14.5.